The van der Waals surface area contributed by atoms with Gasteiger partial charge in [-0.15, -0.1) is 0 Å². The smallest absolute Gasteiger partial charge is 0.238 e. The lowest BCUT2D eigenvalue weighted by Crippen LogP contribution is -2.49. The van der Waals surface area contributed by atoms with Crippen LogP contribution < -0.4 is 10.2 Å². The van der Waals surface area contributed by atoms with Gasteiger partial charge >= 0.3 is 0 Å². The molecule has 1 saturated heterocycles. The molecule has 2 aromatic carbocycles. The normalized spacial score (nSPS) is 15.2. The molecule has 132 valence electrons. The molecule has 1 fully saturated rings. The number of nitrogens with zero attached hydrogens (tertiary/aromatic N) is 2. The number of anilines is 2. The number of piperazine rings is 1. The Hall–Kier alpha value is -2.18. The second-order valence-corrected chi connectivity index (χ2v) is 6.32. The lowest BCUT2D eigenvalue weighted by atomic mass is 10.2. The van der Waals surface area contributed by atoms with Crippen molar-refractivity contribution in [3.05, 3.63) is 59.1 Å². The Labute approximate surface area is 150 Å². The molecule has 0 aromatic heterocycles. The third-order valence-electron chi connectivity index (χ3n) is 4.14. The molecule has 0 saturated carbocycles. The number of hydrogen-bond acceptors (Lipinski definition) is 3. The molecule has 0 spiro atoms. The van der Waals surface area contributed by atoms with Crippen molar-refractivity contribution in [2.75, 3.05) is 42.9 Å². The number of hydrogen-bond donors (Lipinski definition) is 1. The van der Waals surface area contributed by atoms with Gasteiger partial charge in [0.1, 0.15) is 11.6 Å². The Bertz CT molecular complexity index is 764. The van der Waals surface area contributed by atoms with Gasteiger partial charge in [-0.05, 0) is 30.3 Å². The quantitative estimate of drug-likeness (QED) is 0.902. The highest BCUT2D eigenvalue weighted by molar-refractivity contribution is 6.30. The predicted octanol–water partition coefficient (Wildman–Crippen LogP) is 3.38. The Morgan fingerprint density at radius 1 is 1.04 bits per heavy atom. The minimum absolute atomic E-state index is 0.0718. The number of nitrogens with one attached hydrogen (secondary N) is 1. The molecule has 1 heterocycles. The van der Waals surface area contributed by atoms with E-state index in [0.29, 0.717) is 36.9 Å². The maximum Gasteiger partial charge on any atom is 0.238 e. The van der Waals surface area contributed by atoms with E-state index in [9.17, 15) is 13.6 Å². The minimum atomic E-state index is -0.526. The molecule has 0 radical (unpaired) electrons. The second kappa shape index (κ2) is 7.80. The second-order valence-electron chi connectivity index (χ2n) is 5.89. The SMILES string of the molecule is O=C(CN1CCN(c2ccccc2F)CC1)Nc1cc(Cl)ccc1F. The molecule has 1 amide bonds. The average Bonchev–Trinajstić information content (AvgIpc) is 2.59. The first-order chi connectivity index (χ1) is 12.0. The molecule has 0 unspecified atom stereocenters. The van der Waals surface area contributed by atoms with Crippen LogP contribution in [-0.4, -0.2) is 43.5 Å². The summed E-state index contributed by atoms with van der Waals surface area (Å²) in [6.07, 6.45) is 0. The molecule has 1 aliphatic heterocycles. The van der Waals surface area contributed by atoms with Crippen LogP contribution in [0, 0.1) is 11.6 Å². The van der Waals surface area contributed by atoms with Gasteiger partial charge < -0.3 is 10.2 Å². The molecular formula is C18H18ClF2N3O. The van der Waals surface area contributed by atoms with E-state index >= 15 is 0 Å². The van der Waals surface area contributed by atoms with E-state index in [1.54, 1.807) is 18.2 Å². The summed E-state index contributed by atoms with van der Waals surface area (Å²) in [5, 5.41) is 2.89. The lowest BCUT2D eigenvalue weighted by molar-refractivity contribution is -0.117. The van der Waals surface area contributed by atoms with Gasteiger partial charge in [0.25, 0.3) is 0 Å². The van der Waals surface area contributed by atoms with Gasteiger partial charge in [-0.3, -0.25) is 9.69 Å². The van der Waals surface area contributed by atoms with Crippen LogP contribution in [0.4, 0.5) is 20.2 Å². The zero-order valence-electron chi connectivity index (χ0n) is 13.5. The third-order valence-corrected chi connectivity index (χ3v) is 4.37. The fraction of sp³-hybridized carbons (Fsp3) is 0.278. The van der Waals surface area contributed by atoms with Gasteiger partial charge in [0.2, 0.25) is 5.91 Å². The Morgan fingerprint density at radius 2 is 1.76 bits per heavy atom. The first-order valence-electron chi connectivity index (χ1n) is 7.99. The van der Waals surface area contributed by atoms with Gasteiger partial charge in [0, 0.05) is 31.2 Å². The van der Waals surface area contributed by atoms with Crippen molar-refractivity contribution >= 4 is 28.9 Å². The van der Waals surface area contributed by atoms with Crippen LogP contribution in [-0.2, 0) is 4.79 Å². The highest BCUT2D eigenvalue weighted by atomic mass is 35.5. The largest absolute Gasteiger partial charge is 0.367 e. The molecule has 2 aromatic rings. The molecule has 7 heteroatoms. The Balaban J connectivity index is 1.53. The van der Waals surface area contributed by atoms with Crippen LogP contribution in [0.1, 0.15) is 0 Å². The van der Waals surface area contributed by atoms with E-state index < -0.39 is 5.82 Å². The van der Waals surface area contributed by atoms with Crippen molar-refractivity contribution in [2.24, 2.45) is 0 Å². The number of carbonyl (C=O) groups excluding carboxylic acids is 1. The van der Waals surface area contributed by atoms with Crippen molar-refractivity contribution in [3.8, 4) is 0 Å². The van der Waals surface area contributed by atoms with Crippen LogP contribution in [0.5, 0.6) is 0 Å². The molecule has 0 aliphatic carbocycles. The Kier molecular flexibility index (Phi) is 5.50. The molecule has 1 aliphatic rings. The highest BCUT2D eigenvalue weighted by Gasteiger charge is 2.21. The van der Waals surface area contributed by atoms with Gasteiger partial charge in [0.05, 0.1) is 17.9 Å². The van der Waals surface area contributed by atoms with Gasteiger partial charge in [-0.1, -0.05) is 23.7 Å². The number of benzene rings is 2. The van der Waals surface area contributed by atoms with E-state index in [-0.39, 0.29) is 24.0 Å². The maximum atomic E-state index is 13.8. The van der Waals surface area contributed by atoms with Gasteiger partial charge in [-0.2, -0.15) is 0 Å². The van der Waals surface area contributed by atoms with Crippen molar-refractivity contribution in [1.29, 1.82) is 0 Å². The topological polar surface area (TPSA) is 35.6 Å². The fourth-order valence-electron chi connectivity index (χ4n) is 2.84. The number of rotatable bonds is 4. The van der Waals surface area contributed by atoms with E-state index in [0.717, 1.165) is 0 Å². The van der Waals surface area contributed by atoms with Crippen molar-refractivity contribution < 1.29 is 13.6 Å². The van der Waals surface area contributed by atoms with Crippen LogP contribution >= 0.6 is 11.6 Å². The summed E-state index contributed by atoms with van der Waals surface area (Å²) in [4.78, 5) is 16.0. The van der Waals surface area contributed by atoms with E-state index in [1.807, 2.05) is 9.80 Å². The molecule has 1 N–H and O–H groups in total. The molecule has 25 heavy (non-hydrogen) atoms. The molecule has 0 atom stereocenters. The van der Waals surface area contributed by atoms with Crippen molar-refractivity contribution in [2.45, 2.75) is 0 Å². The first-order valence-corrected chi connectivity index (χ1v) is 8.37. The average molecular weight is 366 g/mol. The fourth-order valence-corrected chi connectivity index (χ4v) is 3.01. The molecule has 0 bridgehead atoms. The summed E-state index contributed by atoms with van der Waals surface area (Å²) in [5.41, 5.74) is 0.648. The van der Waals surface area contributed by atoms with Gasteiger partial charge in [0.15, 0.2) is 0 Å². The summed E-state index contributed by atoms with van der Waals surface area (Å²) in [6, 6.07) is 10.7. The lowest BCUT2D eigenvalue weighted by Gasteiger charge is -2.35. The highest BCUT2D eigenvalue weighted by Crippen LogP contribution is 2.21. The number of para-hydroxylation sites is 1. The monoisotopic (exact) mass is 365 g/mol. The number of halogens is 3. The Morgan fingerprint density at radius 3 is 2.48 bits per heavy atom. The van der Waals surface area contributed by atoms with Crippen LogP contribution in [0.15, 0.2) is 42.5 Å². The van der Waals surface area contributed by atoms with E-state index in [2.05, 4.69) is 5.32 Å². The molecule has 3 rings (SSSR count). The molecule has 4 nitrogen and oxygen atoms in total. The zero-order chi connectivity index (χ0) is 17.8. The van der Waals surface area contributed by atoms with E-state index in [4.69, 9.17) is 11.6 Å². The summed E-state index contributed by atoms with van der Waals surface area (Å²) in [6.45, 7) is 2.65. The summed E-state index contributed by atoms with van der Waals surface area (Å²) in [5.74, 6) is -1.08. The molecular weight excluding hydrogens is 348 g/mol. The number of amides is 1. The predicted molar refractivity (Wildman–Crippen MR) is 95.1 cm³/mol. The van der Waals surface area contributed by atoms with Gasteiger partial charge in [-0.25, -0.2) is 8.78 Å². The maximum absolute atomic E-state index is 13.8. The summed E-state index contributed by atoms with van der Waals surface area (Å²) >= 11 is 5.81. The van der Waals surface area contributed by atoms with Crippen LogP contribution in [0.3, 0.4) is 0 Å². The zero-order valence-corrected chi connectivity index (χ0v) is 14.3. The first kappa shape index (κ1) is 17.6. The van der Waals surface area contributed by atoms with Crippen molar-refractivity contribution in [1.82, 2.24) is 4.90 Å². The van der Waals surface area contributed by atoms with Crippen LogP contribution in [0.25, 0.3) is 0 Å². The van der Waals surface area contributed by atoms with E-state index in [1.165, 1.54) is 24.3 Å². The minimum Gasteiger partial charge on any atom is -0.367 e. The summed E-state index contributed by atoms with van der Waals surface area (Å²) in [7, 11) is 0. The van der Waals surface area contributed by atoms with Crippen LogP contribution in [0.2, 0.25) is 5.02 Å². The third kappa shape index (κ3) is 4.46. The number of carbonyl (C=O) groups is 1. The van der Waals surface area contributed by atoms with Crippen molar-refractivity contribution in [3.63, 3.8) is 0 Å². The standard InChI is InChI=1S/C18H18ClF2N3O/c19-13-5-6-14(20)16(11-13)22-18(25)12-23-7-9-24(10-8-23)17-4-2-1-3-15(17)21/h1-6,11H,7-10,12H2,(H,22,25). The summed E-state index contributed by atoms with van der Waals surface area (Å²) < 4.78 is 27.5.